The van der Waals surface area contributed by atoms with Crippen molar-refractivity contribution in [2.24, 2.45) is 17.3 Å². The Bertz CT molecular complexity index is 247. The highest BCUT2D eigenvalue weighted by atomic mass is 16.1. The normalized spacial score (nSPS) is 46.7. The van der Waals surface area contributed by atoms with E-state index in [1.54, 1.807) is 0 Å². The molecule has 1 amide bonds. The Morgan fingerprint density at radius 1 is 1.14 bits per heavy atom. The van der Waals surface area contributed by atoms with Crippen molar-refractivity contribution in [2.75, 3.05) is 6.54 Å². The summed E-state index contributed by atoms with van der Waals surface area (Å²) in [6, 6.07) is 0. The number of fused-ring (bicyclic) bond motifs is 1. The summed E-state index contributed by atoms with van der Waals surface area (Å²) in [5, 5.41) is 3.02. The molecule has 2 aliphatic carbocycles. The van der Waals surface area contributed by atoms with Crippen molar-refractivity contribution in [2.45, 2.75) is 44.9 Å². The minimum atomic E-state index is 0.295. The zero-order chi connectivity index (χ0) is 9.60. The maximum atomic E-state index is 11.3. The molecule has 3 rings (SSSR count). The maximum Gasteiger partial charge on any atom is 0.220 e. The molecular formula is C12H19NO. The number of hydrogen-bond donors (Lipinski definition) is 1. The topological polar surface area (TPSA) is 29.1 Å². The molecule has 1 saturated heterocycles. The van der Waals surface area contributed by atoms with Crippen molar-refractivity contribution in [3.8, 4) is 0 Å². The van der Waals surface area contributed by atoms with Crippen molar-refractivity contribution in [3.05, 3.63) is 0 Å². The molecule has 2 atom stereocenters. The van der Waals surface area contributed by atoms with E-state index in [1.165, 1.54) is 38.5 Å². The molecule has 0 aromatic rings. The van der Waals surface area contributed by atoms with Crippen LogP contribution in [-0.4, -0.2) is 12.5 Å². The highest BCUT2D eigenvalue weighted by Gasteiger charge is 2.49. The number of carbonyl (C=O) groups excluding carboxylic acids is 1. The summed E-state index contributed by atoms with van der Waals surface area (Å²) in [5.74, 6) is 2.21. The zero-order valence-corrected chi connectivity index (χ0v) is 8.72. The third-order valence-electron chi connectivity index (χ3n) is 4.65. The number of hydrogen-bond acceptors (Lipinski definition) is 1. The molecule has 1 N–H and O–H groups in total. The number of nitrogens with one attached hydrogen (secondary N) is 1. The predicted molar refractivity (Wildman–Crippen MR) is 54.7 cm³/mol. The molecular weight excluding hydrogens is 174 g/mol. The van der Waals surface area contributed by atoms with Crippen LogP contribution in [0, 0.1) is 17.3 Å². The first-order valence-electron chi connectivity index (χ1n) is 6.04. The second-order valence-electron chi connectivity index (χ2n) is 5.67. The highest BCUT2D eigenvalue weighted by molar-refractivity contribution is 5.79. The van der Waals surface area contributed by atoms with Crippen LogP contribution in [0.25, 0.3) is 0 Å². The summed E-state index contributed by atoms with van der Waals surface area (Å²) in [7, 11) is 0. The molecule has 2 unspecified atom stereocenters. The quantitative estimate of drug-likeness (QED) is 0.627. The summed E-state index contributed by atoms with van der Waals surface area (Å²) in [5.41, 5.74) is 0.386. The molecule has 0 aromatic heterocycles. The third kappa shape index (κ3) is 1.27. The van der Waals surface area contributed by atoms with Gasteiger partial charge in [0.25, 0.3) is 0 Å². The molecule has 0 aromatic carbocycles. The standard InChI is InChI=1S/C12H19NO/c14-11-7-12(8-13-11)5-9-3-1-2-4-10(9)6-12/h9-10H,1-8H2,(H,13,14). The van der Waals surface area contributed by atoms with Gasteiger partial charge < -0.3 is 5.32 Å². The molecule has 2 nitrogen and oxygen atoms in total. The second kappa shape index (κ2) is 2.98. The molecule has 2 saturated carbocycles. The van der Waals surface area contributed by atoms with Gasteiger partial charge >= 0.3 is 0 Å². The molecule has 78 valence electrons. The second-order valence-corrected chi connectivity index (χ2v) is 5.67. The fraction of sp³-hybridized carbons (Fsp3) is 0.917. The Hall–Kier alpha value is -0.530. The summed E-state index contributed by atoms with van der Waals surface area (Å²) in [6.45, 7) is 0.971. The first-order chi connectivity index (χ1) is 6.77. The lowest BCUT2D eigenvalue weighted by atomic mass is 9.82. The number of amides is 1. The smallest absolute Gasteiger partial charge is 0.220 e. The van der Waals surface area contributed by atoms with Gasteiger partial charge in [0.2, 0.25) is 5.91 Å². The molecule has 3 aliphatic rings. The van der Waals surface area contributed by atoms with Crippen LogP contribution in [0.1, 0.15) is 44.9 Å². The number of carbonyl (C=O) groups is 1. The van der Waals surface area contributed by atoms with Gasteiger partial charge in [0, 0.05) is 13.0 Å². The van der Waals surface area contributed by atoms with Crippen LogP contribution in [0.5, 0.6) is 0 Å². The van der Waals surface area contributed by atoms with Crippen molar-refractivity contribution in [1.29, 1.82) is 0 Å². The molecule has 0 bridgehead atoms. The van der Waals surface area contributed by atoms with Crippen molar-refractivity contribution in [3.63, 3.8) is 0 Å². The lowest BCUT2D eigenvalue weighted by Crippen LogP contribution is -2.20. The average Bonchev–Trinajstić information content (AvgIpc) is 2.69. The van der Waals surface area contributed by atoms with Crippen molar-refractivity contribution < 1.29 is 4.79 Å². The average molecular weight is 193 g/mol. The third-order valence-corrected chi connectivity index (χ3v) is 4.65. The molecule has 1 spiro atoms. The van der Waals surface area contributed by atoms with Crippen LogP contribution in [0.3, 0.4) is 0 Å². The zero-order valence-electron chi connectivity index (χ0n) is 8.72. The molecule has 0 radical (unpaired) electrons. The van der Waals surface area contributed by atoms with E-state index >= 15 is 0 Å². The Morgan fingerprint density at radius 2 is 1.79 bits per heavy atom. The first-order valence-corrected chi connectivity index (χ1v) is 6.04. The van der Waals surface area contributed by atoms with Gasteiger partial charge in [0.05, 0.1) is 0 Å². The Balaban J connectivity index is 1.76. The fourth-order valence-corrected chi connectivity index (χ4v) is 4.06. The van der Waals surface area contributed by atoms with Gasteiger partial charge in [-0.2, -0.15) is 0 Å². The van der Waals surface area contributed by atoms with E-state index in [2.05, 4.69) is 5.32 Å². The van der Waals surface area contributed by atoms with Crippen LogP contribution >= 0.6 is 0 Å². The maximum absolute atomic E-state index is 11.3. The fourth-order valence-electron chi connectivity index (χ4n) is 4.06. The molecule has 1 aliphatic heterocycles. The monoisotopic (exact) mass is 193 g/mol. The van der Waals surface area contributed by atoms with Crippen LogP contribution in [0.15, 0.2) is 0 Å². The van der Waals surface area contributed by atoms with Crippen LogP contribution < -0.4 is 5.32 Å². The summed E-state index contributed by atoms with van der Waals surface area (Å²) >= 11 is 0. The minimum Gasteiger partial charge on any atom is -0.356 e. The van der Waals surface area contributed by atoms with E-state index in [1.807, 2.05) is 0 Å². The molecule has 14 heavy (non-hydrogen) atoms. The van der Waals surface area contributed by atoms with E-state index in [0.29, 0.717) is 11.3 Å². The first kappa shape index (κ1) is 8.75. The molecule has 2 heteroatoms. The largest absolute Gasteiger partial charge is 0.356 e. The van der Waals surface area contributed by atoms with Gasteiger partial charge in [-0.25, -0.2) is 0 Å². The Labute approximate surface area is 85.4 Å². The molecule has 3 fully saturated rings. The van der Waals surface area contributed by atoms with Crippen molar-refractivity contribution >= 4 is 5.91 Å². The Kier molecular flexibility index (Phi) is 1.86. The summed E-state index contributed by atoms with van der Waals surface area (Å²) < 4.78 is 0. The van der Waals surface area contributed by atoms with Gasteiger partial charge in [-0.1, -0.05) is 25.7 Å². The lowest BCUT2D eigenvalue weighted by Gasteiger charge is -2.24. The number of rotatable bonds is 0. The van der Waals surface area contributed by atoms with Crippen LogP contribution in [-0.2, 0) is 4.79 Å². The van der Waals surface area contributed by atoms with Gasteiger partial charge in [-0.05, 0) is 30.1 Å². The van der Waals surface area contributed by atoms with E-state index in [0.717, 1.165) is 24.8 Å². The minimum absolute atomic E-state index is 0.295. The van der Waals surface area contributed by atoms with Crippen LogP contribution in [0.4, 0.5) is 0 Å². The Morgan fingerprint density at radius 3 is 2.29 bits per heavy atom. The van der Waals surface area contributed by atoms with E-state index in [9.17, 15) is 4.79 Å². The van der Waals surface area contributed by atoms with Crippen LogP contribution in [0.2, 0.25) is 0 Å². The predicted octanol–water partition coefficient (Wildman–Crippen LogP) is 2.09. The van der Waals surface area contributed by atoms with Gasteiger partial charge in [-0.15, -0.1) is 0 Å². The van der Waals surface area contributed by atoms with Gasteiger partial charge in [0.15, 0.2) is 0 Å². The van der Waals surface area contributed by atoms with Gasteiger partial charge in [0.1, 0.15) is 0 Å². The highest BCUT2D eigenvalue weighted by Crippen LogP contribution is 2.54. The SMILES string of the molecule is O=C1CC2(CN1)CC1CCCCC1C2. The van der Waals surface area contributed by atoms with E-state index in [-0.39, 0.29) is 0 Å². The molecule has 1 heterocycles. The summed E-state index contributed by atoms with van der Waals surface area (Å²) in [4.78, 5) is 11.3. The van der Waals surface area contributed by atoms with E-state index < -0.39 is 0 Å². The summed E-state index contributed by atoms with van der Waals surface area (Å²) in [6.07, 6.45) is 9.20. The van der Waals surface area contributed by atoms with Gasteiger partial charge in [-0.3, -0.25) is 4.79 Å². The lowest BCUT2D eigenvalue weighted by molar-refractivity contribution is -0.119. The van der Waals surface area contributed by atoms with E-state index in [4.69, 9.17) is 0 Å². The van der Waals surface area contributed by atoms with Crippen molar-refractivity contribution in [1.82, 2.24) is 5.32 Å².